The van der Waals surface area contributed by atoms with Crippen molar-refractivity contribution in [1.29, 1.82) is 0 Å². The topological polar surface area (TPSA) is 145 Å². The minimum Gasteiger partial charge on any atom is -0.550 e. The van der Waals surface area contributed by atoms with Gasteiger partial charge >= 0.3 is 16.8 Å². The van der Waals surface area contributed by atoms with Gasteiger partial charge in [-0.2, -0.15) is 0 Å². The number of benzene rings is 3. The molecule has 0 amide bonds. The minimum absolute atomic E-state index is 0. The van der Waals surface area contributed by atoms with E-state index in [1.54, 1.807) is 12.4 Å². The summed E-state index contributed by atoms with van der Waals surface area (Å²) in [6.07, 6.45) is 6.91. The molecule has 293 valence electrons. The minimum atomic E-state index is -1.08. The zero-order valence-electron chi connectivity index (χ0n) is 34.4. The molecule has 3 aromatic rings. The molecule has 2 N–H and O–H groups in total. The summed E-state index contributed by atoms with van der Waals surface area (Å²) < 4.78 is 0. The summed E-state index contributed by atoms with van der Waals surface area (Å²) in [7, 11) is 0. The number of aliphatic imine (C=N–C) groups is 2. The smallest absolute Gasteiger partial charge is 0.550 e. The molecule has 0 unspecified atom stereocenters. The number of carbonyl (C=O) groups excluding carboxylic acids is 2. The number of hydrogen-bond acceptors (Lipinski definition) is 8. The first-order valence-corrected chi connectivity index (χ1v) is 17.8. The quantitative estimate of drug-likeness (QED) is 0.220. The van der Waals surface area contributed by atoms with Crippen molar-refractivity contribution in [2.45, 2.75) is 123 Å². The summed E-state index contributed by atoms with van der Waals surface area (Å²) in [6.45, 7) is 28.5. The average molecular weight is 774 g/mol. The molecule has 3 rings (SSSR count). The molecule has 0 fully saturated rings. The Morgan fingerprint density at radius 2 is 0.849 bits per heavy atom. The van der Waals surface area contributed by atoms with Gasteiger partial charge < -0.3 is 30.0 Å². The first-order valence-electron chi connectivity index (χ1n) is 17.8. The van der Waals surface area contributed by atoms with Crippen LogP contribution in [0.2, 0.25) is 0 Å². The first kappa shape index (κ1) is 49.0. The molecule has 9 heteroatoms. The molecule has 0 aliphatic carbocycles. The molecule has 8 nitrogen and oxygen atoms in total. The third-order valence-corrected chi connectivity index (χ3v) is 7.00. The van der Waals surface area contributed by atoms with Crippen LogP contribution in [-0.2, 0) is 52.1 Å². The zero-order valence-corrected chi connectivity index (χ0v) is 35.4. The van der Waals surface area contributed by atoms with E-state index in [0.717, 1.165) is 73.2 Å². The fourth-order valence-corrected chi connectivity index (χ4v) is 5.55. The molecule has 0 heterocycles. The van der Waals surface area contributed by atoms with Gasteiger partial charge in [0.15, 0.2) is 0 Å². The third-order valence-electron chi connectivity index (χ3n) is 7.00. The van der Waals surface area contributed by atoms with Gasteiger partial charge in [0.2, 0.25) is 0 Å². The van der Waals surface area contributed by atoms with Crippen molar-refractivity contribution in [2.24, 2.45) is 31.6 Å². The Morgan fingerprint density at radius 3 is 1.11 bits per heavy atom. The Balaban J connectivity index is 0.00000272. The van der Waals surface area contributed by atoms with Crippen LogP contribution in [0.1, 0.15) is 130 Å². The second-order valence-electron chi connectivity index (χ2n) is 18.4. The van der Waals surface area contributed by atoms with Gasteiger partial charge in [0.05, 0.1) is 11.4 Å². The van der Waals surface area contributed by atoms with E-state index in [9.17, 15) is 10.2 Å². The molecule has 3 aromatic carbocycles. The molecule has 0 aromatic heterocycles. The number of hydrogen-bond donors (Lipinski definition) is 2. The Hall–Kier alpha value is -3.95. The second kappa shape index (κ2) is 20.5. The second-order valence-corrected chi connectivity index (χ2v) is 18.4. The summed E-state index contributed by atoms with van der Waals surface area (Å²) >= 11 is 0. The Labute approximate surface area is 329 Å². The maximum Gasteiger partial charge on any atom is 2.00 e. The van der Waals surface area contributed by atoms with Crippen LogP contribution in [0.3, 0.4) is 0 Å². The van der Waals surface area contributed by atoms with Crippen LogP contribution in [0.4, 0.5) is 11.4 Å². The van der Waals surface area contributed by atoms with Crippen LogP contribution in [0, 0.1) is 21.7 Å². The van der Waals surface area contributed by atoms with Crippen LogP contribution in [0.15, 0.2) is 58.5 Å². The van der Waals surface area contributed by atoms with E-state index in [2.05, 4.69) is 107 Å². The third kappa shape index (κ3) is 22.0. The largest absolute Gasteiger partial charge is 2.00 e. The van der Waals surface area contributed by atoms with Crippen LogP contribution in [0.25, 0.3) is 0 Å². The molecule has 0 bridgehead atoms. The number of nitrogens with zero attached hydrogens (tertiary/aromatic N) is 2. The number of carbonyl (C=O) groups is 2. The molecule has 0 saturated heterocycles. The number of aromatic hydroxyl groups is 2. The maximum atomic E-state index is 11.2. The van der Waals surface area contributed by atoms with E-state index in [-0.39, 0.29) is 38.4 Å². The van der Waals surface area contributed by atoms with E-state index >= 15 is 0 Å². The summed E-state index contributed by atoms with van der Waals surface area (Å²) in [6, 6.07) is 16.1. The summed E-state index contributed by atoms with van der Waals surface area (Å²) in [5.41, 5.74) is 7.63. The van der Waals surface area contributed by atoms with Crippen LogP contribution in [0.5, 0.6) is 11.5 Å². The number of phenols is 2. The van der Waals surface area contributed by atoms with Crippen molar-refractivity contribution in [3.05, 3.63) is 81.9 Å². The molecular weight excluding hydrogens is 711 g/mol. The zero-order chi connectivity index (χ0) is 40.2. The monoisotopic (exact) mass is 773 g/mol. The molecule has 0 spiro atoms. The number of carboxylic acids is 2. The van der Waals surface area contributed by atoms with Crippen molar-refractivity contribution >= 4 is 35.7 Å². The summed E-state index contributed by atoms with van der Waals surface area (Å²) in [5, 5.41) is 40.2. The number of aliphatic carboxylic acids is 2. The average Bonchev–Trinajstić information content (AvgIpc) is 2.91. The van der Waals surface area contributed by atoms with Gasteiger partial charge in [-0.1, -0.05) is 101 Å². The number of phenolic OH excluding ortho intramolecular Hbond substituents is 2. The molecule has 0 atom stereocenters. The van der Waals surface area contributed by atoms with Gasteiger partial charge in [-0.05, 0) is 114 Å². The molecule has 0 saturated carbocycles. The van der Waals surface area contributed by atoms with Crippen molar-refractivity contribution in [3.8, 4) is 11.5 Å². The van der Waals surface area contributed by atoms with Crippen LogP contribution >= 0.6 is 0 Å². The van der Waals surface area contributed by atoms with Gasteiger partial charge in [0.1, 0.15) is 11.5 Å². The van der Waals surface area contributed by atoms with E-state index < -0.39 is 11.9 Å². The van der Waals surface area contributed by atoms with Crippen molar-refractivity contribution in [2.75, 3.05) is 0 Å². The molecule has 1 radical (unpaired) electrons. The van der Waals surface area contributed by atoms with Gasteiger partial charge in [-0.25, -0.2) is 0 Å². The predicted molar refractivity (Wildman–Crippen MR) is 211 cm³/mol. The van der Waals surface area contributed by atoms with Gasteiger partial charge in [-0.15, -0.1) is 0 Å². The van der Waals surface area contributed by atoms with Gasteiger partial charge in [0.25, 0.3) is 0 Å². The van der Waals surface area contributed by atoms with E-state index in [1.807, 2.05) is 24.3 Å². The Bertz CT molecular complexity index is 1590. The van der Waals surface area contributed by atoms with E-state index in [0.29, 0.717) is 11.5 Å². The molecule has 0 aliphatic heterocycles. The molecule has 53 heavy (non-hydrogen) atoms. The van der Waals surface area contributed by atoms with Crippen molar-refractivity contribution < 1.29 is 46.8 Å². The molecule has 0 aliphatic rings. The summed E-state index contributed by atoms with van der Waals surface area (Å²) in [5.74, 6) is -1.57. The van der Waals surface area contributed by atoms with Gasteiger partial charge in [-0.3, -0.25) is 9.98 Å². The number of carboxylic acid groups (broad SMARTS) is 2. The fraction of sp³-hybridized carbons (Fsp3) is 0.500. The van der Waals surface area contributed by atoms with E-state index in [4.69, 9.17) is 29.8 Å². The SMILES string of the molecule is CC(=O)[O-].CC(=O)[O-].CC(C)(C)Cc1cc(C=Nc2cccc(N=Cc3cc(CC(C)(C)C)cc(CC(C)(C)C)c3O)c2)c(O)c(CC(C)(C)C)c1.[Co+2]. The van der Waals surface area contributed by atoms with Gasteiger partial charge in [0, 0.05) is 35.5 Å². The normalized spacial score (nSPS) is 12.0. The van der Waals surface area contributed by atoms with Crippen LogP contribution < -0.4 is 10.2 Å². The van der Waals surface area contributed by atoms with Crippen molar-refractivity contribution in [3.63, 3.8) is 0 Å². The first-order chi connectivity index (χ1) is 23.5. The standard InChI is InChI=1S/C40H56N2O2.2C2H4O2.Co/c1-37(2,3)21-27-16-29(23-39(7,8)9)35(43)31(18-27)25-41-33-14-13-15-34(20-33)42-26-32-19-28(22-38(4,5)6)17-30(36(32)44)24-40(10,11)12;2*1-2(3)4;/h13-20,25-26,43-44H,21-24H2,1-12H3;2*1H3,(H,3,4);/q;;;+2/p-2. The Kier molecular flexibility index (Phi) is 19.0. The Morgan fingerprint density at radius 1 is 0.566 bits per heavy atom. The van der Waals surface area contributed by atoms with Crippen molar-refractivity contribution in [1.82, 2.24) is 0 Å². The summed E-state index contributed by atoms with van der Waals surface area (Å²) in [4.78, 5) is 27.3. The number of rotatable bonds is 8. The molecular formula is C44H62CoN2O6. The predicted octanol–water partition coefficient (Wildman–Crippen LogP) is 8.46. The van der Waals surface area contributed by atoms with E-state index in [1.165, 1.54) is 11.1 Å². The maximum absolute atomic E-state index is 11.2. The fourth-order valence-electron chi connectivity index (χ4n) is 5.55. The van der Waals surface area contributed by atoms with Crippen LogP contribution in [-0.4, -0.2) is 34.6 Å².